The average molecular weight is 425 g/mol. The van der Waals surface area contributed by atoms with Gasteiger partial charge in [-0.3, -0.25) is 0 Å². The topological polar surface area (TPSA) is 44.1 Å². The van der Waals surface area contributed by atoms with Gasteiger partial charge < -0.3 is 14.7 Å². The summed E-state index contributed by atoms with van der Waals surface area (Å²) >= 11 is 0. The molecule has 3 nitrogen and oxygen atoms in total. The van der Waals surface area contributed by atoms with Gasteiger partial charge in [0, 0.05) is 32.8 Å². The van der Waals surface area contributed by atoms with Crippen LogP contribution in [0.1, 0.15) is 0 Å². The number of nitrogen functional groups attached to an aromatic ring is 1. The van der Waals surface area contributed by atoms with Gasteiger partial charge in [0.15, 0.2) is 0 Å². The van der Waals surface area contributed by atoms with Gasteiger partial charge in [-0.2, -0.15) is 0 Å². The van der Waals surface area contributed by atoms with E-state index in [-0.39, 0.29) is 0 Å². The average Bonchev–Trinajstić information content (AvgIpc) is 3.39. The van der Waals surface area contributed by atoms with Crippen molar-refractivity contribution in [1.82, 2.24) is 4.57 Å². The number of nitrogens with two attached hydrogens (primary N) is 1. The van der Waals surface area contributed by atoms with E-state index >= 15 is 0 Å². The van der Waals surface area contributed by atoms with Crippen molar-refractivity contribution in [1.29, 1.82) is 0 Å². The van der Waals surface area contributed by atoms with Crippen molar-refractivity contribution in [2.24, 2.45) is 0 Å². The van der Waals surface area contributed by atoms with E-state index in [2.05, 4.69) is 95.6 Å². The number of benzene rings is 5. The van der Waals surface area contributed by atoms with Crippen molar-refractivity contribution in [2.75, 3.05) is 5.73 Å². The zero-order valence-electron chi connectivity index (χ0n) is 17.8. The first-order valence-electron chi connectivity index (χ1n) is 11.1. The minimum absolute atomic E-state index is 0.774. The largest absolute Gasteiger partial charge is 0.456 e. The molecule has 2 N–H and O–H groups in total. The Morgan fingerprint density at radius 3 is 2.21 bits per heavy atom. The van der Waals surface area contributed by atoms with Crippen molar-refractivity contribution >= 4 is 49.4 Å². The monoisotopic (exact) mass is 424 g/mol. The molecular formula is C30H20N2O. The highest BCUT2D eigenvalue weighted by atomic mass is 16.3. The van der Waals surface area contributed by atoms with Gasteiger partial charge in [0.1, 0.15) is 11.2 Å². The lowest BCUT2D eigenvalue weighted by Gasteiger charge is -2.14. The van der Waals surface area contributed by atoms with Crippen LogP contribution in [-0.2, 0) is 0 Å². The Labute approximate surface area is 190 Å². The molecule has 0 amide bonds. The molecular weight excluding hydrogens is 404 g/mol. The highest BCUT2D eigenvalue weighted by Crippen LogP contribution is 2.38. The number of hydrogen-bond donors (Lipinski definition) is 1. The Morgan fingerprint density at radius 2 is 1.27 bits per heavy atom. The van der Waals surface area contributed by atoms with Crippen LogP contribution in [0.3, 0.4) is 0 Å². The second-order valence-corrected chi connectivity index (χ2v) is 8.46. The lowest BCUT2D eigenvalue weighted by atomic mass is 10.0. The molecule has 0 atom stereocenters. The summed E-state index contributed by atoms with van der Waals surface area (Å²) in [4.78, 5) is 0. The van der Waals surface area contributed by atoms with Crippen LogP contribution < -0.4 is 5.73 Å². The fourth-order valence-electron chi connectivity index (χ4n) is 5.06. The fraction of sp³-hybridized carbons (Fsp3) is 0. The molecule has 5 aromatic carbocycles. The number of furan rings is 1. The fourth-order valence-corrected chi connectivity index (χ4v) is 5.06. The van der Waals surface area contributed by atoms with Crippen molar-refractivity contribution in [3.63, 3.8) is 0 Å². The first-order chi connectivity index (χ1) is 16.3. The van der Waals surface area contributed by atoms with Crippen LogP contribution in [-0.4, -0.2) is 4.57 Å². The lowest BCUT2D eigenvalue weighted by Crippen LogP contribution is -1.97. The summed E-state index contributed by atoms with van der Waals surface area (Å²) in [6, 6.07) is 37.9. The molecule has 0 aliphatic rings. The third-order valence-corrected chi connectivity index (χ3v) is 6.53. The summed E-state index contributed by atoms with van der Waals surface area (Å²) in [6.07, 6.45) is 0. The van der Waals surface area contributed by atoms with Crippen LogP contribution in [0.25, 0.3) is 60.6 Å². The number of anilines is 1. The van der Waals surface area contributed by atoms with E-state index in [0.29, 0.717) is 0 Å². The van der Waals surface area contributed by atoms with Gasteiger partial charge in [0.2, 0.25) is 0 Å². The van der Waals surface area contributed by atoms with Gasteiger partial charge in [-0.05, 0) is 54.1 Å². The smallest absolute Gasteiger partial charge is 0.135 e. The Bertz CT molecular complexity index is 1840. The number of hydrogen-bond acceptors (Lipinski definition) is 2. The van der Waals surface area contributed by atoms with Gasteiger partial charge in [-0.1, -0.05) is 60.7 Å². The summed E-state index contributed by atoms with van der Waals surface area (Å²) in [5.74, 6) is 0. The van der Waals surface area contributed by atoms with Crippen molar-refractivity contribution in [3.05, 3.63) is 109 Å². The Kier molecular flexibility index (Phi) is 3.70. The van der Waals surface area contributed by atoms with Crippen LogP contribution in [0, 0.1) is 0 Å². The first kappa shape index (κ1) is 18.1. The molecule has 0 unspecified atom stereocenters. The zero-order valence-corrected chi connectivity index (χ0v) is 17.8. The third-order valence-electron chi connectivity index (χ3n) is 6.53. The predicted molar refractivity (Wildman–Crippen MR) is 138 cm³/mol. The van der Waals surface area contributed by atoms with E-state index in [1.807, 2.05) is 18.2 Å². The molecule has 0 aliphatic heterocycles. The van der Waals surface area contributed by atoms with E-state index in [4.69, 9.17) is 10.2 Å². The summed E-state index contributed by atoms with van der Waals surface area (Å²) < 4.78 is 8.40. The molecule has 0 bridgehead atoms. The SMILES string of the molecule is Nc1ccc2c(c1)c1ccccc1n2-c1ccccc1-c1ccc2oc3ccccc3c2c1. The van der Waals surface area contributed by atoms with Crippen molar-refractivity contribution in [3.8, 4) is 16.8 Å². The molecule has 0 radical (unpaired) electrons. The number of rotatable bonds is 2. The highest BCUT2D eigenvalue weighted by Gasteiger charge is 2.16. The molecule has 0 aliphatic carbocycles. The van der Waals surface area contributed by atoms with Crippen molar-refractivity contribution < 1.29 is 4.42 Å². The van der Waals surface area contributed by atoms with E-state index in [1.54, 1.807) is 0 Å². The minimum atomic E-state index is 0.774. The molecule has 156 valence electrons. The summed E-state index contributed by atoms with van der Waals surface area (Å²) in [6.45, 7) is 0. The van der Waals surface area contributed by atoms with Gasteiger partial charge in [0.05, 0.1) is 16.7 Å². The Morgan fingerprint density at radius 1 is 0.545 bits per heavy atom. The van der Waals surface area contributed by atoms with E-state index < -0.39 is 0 Å². The molecule has 2 heterocycles. The standard InChI is InChI=1S/C30H20N2O/c31-20-14-15-28-24(18-20)22-8-2-5-11-27(22)32(28)26-10-4-1-7-21(26)19-13-16-30-25(17-19)23-9-3-6-12-29(23)33-30/h1-18H,31H2. The third kappa shape index (κ3) is 2.63. The second-order valence-electron chi connectivity index (χ2n) is 8.46. The summed E-state index contributed by atoms with van der Waals surface area (Å²) in [5, 5.41) is 4.63. The highest BCUT2D eigenvalue weighted by molar-refractivity contribution is 6.11. The molecule has 2 aromatic heterocycles. The molecule has 0 spiro atoms. The van der Waals surface area contributed by atoms with Gasteiger partial charge >= 0.3 is 0 Å². The Balaban J connectivity index is 1.54. The van der Waals surface area contributed by atoms with E-state index in [0.717, 1.165) is 49.8 Å². The van der Waals surface area contributed by atoms with E-state index in [1.165, 1.54) is 16.5 Å². The van der Waals surface area contributed by atoms with Crippen LogP contribution in [0.15, 0.2) is 114 Å². The number of aromatic nitrogens is 1. The van der Waals surface area contributed by atoms with E-state index in [9.17, 15) is 0 Å². The van der Waals surface area contributed by atoms with Gasteiger partial charge in [-0.15, -0.1) is 0 Å². The van der Waals surface area contributed by atoms with Crippen LogP contribution in [0.4, 0.5) is 5.69 Å². The number of para-hydroxylation sites is 3. The van der Waals surface area contributed by atoms with Crippen molar-refractivity contribution in [2.45, 2.75) is 0 Å². The molecule has 7 rings (SSSR count). The quantitative estimate of drug-likeness (QED) is 0.286. The molecule has 3 heteroatoms. The summed E-state index contributed by atoms with van der Waals surface area (Å²) in [5.41, 5.74) is 14.5. The number of fused-ring (bicyclic) bond motifs is 6. The normalized spacial score (nSPS) is 11.8. The molecule has 0 saturated carbocycles. The summed E-state index contributed by atoms with van der Waals surface area (Å²) in [7, 11) is 0. The molecule has 0 fully saturated rings. The van der Waals surface area contributed by atoms with Gasteiger partial charge in [0.25, 0.3) is 0 Å². The van der Waals surface area contributed by atoms with Gasteiger partial charge in [-0.25, -0.2) is 0 Å². The second kappa shape index (κ2) is 6.75. The lowest BCUT2D eigenvalue weighted by molar-refractivity contribution is 0.669. The molecule has 33 heavy (non-hydrogen) atoms. The Hall–Kier alpha value is -4.50. The van der Waals surface area contributed by atoms with Crippen LogP contribution >= 0.6 is 0 Å². The maximum atomic E-state index is 6.15. The predicted octanol–water partition coefficient (Wildman–Crippen LogP) is 7.93. The minimum Gasteiger partial charge on any atom is -0.456 e. The zero-order chi connectivity index (χ0) is 21.9. The van der Waals surface area contributed by atoms with Crippen LogP contribution in [0.5, 0.6) is 0 Å². The van der Waals surface area contributed by atoms with Crippen LogP contribution in [0.2, 0.25) is 0 Å². The number of nitrogens with zero attached hydrogens (tertiary/aromatic N) is 1. The maximum Gasteiger partial charge on any atom is 0.135 e. The molecule has 0 saturated heterocycles. The first-order valence-corrected chi connectivity index (χ1v) is 11.1. The maximum absolute atomic E-state index is 6.15. The molecule has 7 aromatic rings.